The molecule has 3 aromatic rings. The molecular formula is C21H23NO. The topological polar surface area (TPSA) is 21.3 Å². The van der Waals surface area contributed by atoms with E-state index in [2.05, 4.69) is 73.8 Å². The predicted molar refractivity (Wildman–Crippen MR) is 98.1 cm³/mol. The Morgan fingerprint density at radius 1 is 0.913 bits per heavy atom. The first-order chi connectivity index (χ1) is 11.3. The first-order valence-corrected chi connectivity index (χ1v) is 8.23. The maximum absolute atomic E-state index is 5.82. The number of benzene rings is 3. The van der Waals surface area contributed by atoms with Crippen LogP contribution in [0, 0.1) is 0 Å². The minimum Gasteiger partial charge on any atom is -0.491 e. The van der Waals surface area contributed by atoms with Gasteiger partial charge in [0.25, 0.3) is 0 Å². The smallest absolute Gasteiger partial charge is 0.119 e. The van der Waals surface area contributed by atoms with E-state index in [1.165, 1.54) is 22.0 Å². The van der Waals surface area contributed by atoms with Gasteiger partial charge >= 0.3 is 0 Å². The van der Waals surface area contributed by atoms with Gasteiger partial charge in [0.1, 0.15) is 5.75 Å². The van der Waals surface area contributed by atoms with E-state index in [9.17, 15) is 0 Å². The van der Waals surface area contributed by atoms with Crippen molar-refractivity contribution in [2.24, 2.45) is 0 Å². The minimum atomic E-state index is 0.259. The van der Waals surface area contributed by atoms with Gasteiger partial charge in [-0.25, -0.2) is 0 Å². The summed E-state index contributed by atoms with van der Waals surface area (Å²) in [6.07, 6.45) is 1.28. The molecule has 0 radical (unpaired) electrons. The standard InChI is InChI=1S/C21H23NO/c1-3-16(2)23-19-13-11-17(12-14-19)15-22-21-10-6-8-18-7-4-5-9-20(18)21/h4-14,16,22H,3,15H2,1-2H3. The summed E-state index contributed by atoms with van der Waals surface area (Å²) in [5, 5.41) is 6.05. The van der Waals surface area contributed by atoms with Crippen molar-refractivity contribution in [2.45, 2.75) is 32.9 Å². The van der Waals surface area contributed by atoms with Crippen molar-refractivity contribution in [2.75, 3.05) is 5.32 Å². The molecule has 118 valence electrons. The molecule has 0 saturated carbocycles. The van der Waals surface area contributed by atoms with E-state index in [0.29, 0.717) is 0 Å². The number of nitrogens with one attached hydrogen (secondary N) is 1. The van der Waals surface area contributed by atoms with Crippen molar-refractivity contribution in [1.29, 1.82) is 0 Å². The number of rotatable bonds is 6. The molecule has 3 rings (SSSR count). The molecule has 2 heteroatoms. The maximum atomic E-state index is 5.82. The van der Waals surface area contributed by atoms with Crippen LogP contribution in [-0.4, -0.2) is 6.10 Å². The van der Waals surface area contributed by atoms with Crippen LogP contribution in [-0.2, 0) is 6.54 Å². The SMILES string of the molecule is CCC(C)Oc1ccc(CNc2cccc3ccccc23)cc1. The van der Waals surface area contributed by atoms with Crippen molar-refractivity contribution >= 4 is 16.5 Å². The molecule has 0 aromatic heterocycles. The highest BCUT2D eigenvalue weighted by Gasteiger charge is 2.02. The lowest BCUT2D eigenvalue weighted by Gasteiger charge is -2.13. The molecule has 1 unspecified atom stereocenters. The van der Waals surface area contributed by atoms with Crippen molar-refractivity contribution < 1.29 is 4.74 Å². The second-order valence-corrected chi connectivity index (χ2v) is 5.86. The Bertz CT molecular complexity index is 759. The van der Waals surface area contributed by atoms with E-state index in [4.69, 9.17) is 4.74 Å². The summed E-state index contributed by atoms with van der Waals surface area (Å²) in [5.74, 6) is 0.938. The zero-order valence-corrected chi connectivity index (χ0v) is 13.8. The van der Waals surface area contributed by atoms with E-state index >= 15 is 0 Å². The summed E-state index contributed by atoms with van der Waals surface area (Å²) in [6, 6.07) is 23.1. The Kier molecular flexibility index (Phi) is 4.82. The first-order valence-electron chi connectivity index (χ1n) is 8.23. The fourth-order valence-electron chi connectivity index (χ4n) is 2.58. The van der Waals surface area contributed by atoms with Gasteiger partial charge in [-0.15, -0.1) is 0 Å². The van der Waals surface area contributed by atoms with Crippen LogP contribution in [0.25, 0.3) is 10.8 Å². The molecule has 0 amide bonds. The summed E-state index contributed by atoms with van der Waals surface area (Å²) < 4.78 is 5.82. The highest BCUT2D eigenvalue weighted by atomic mass is 16.5. The molecule has 0 spiro atoms. The van der Waals surface area contributed by atoms with Crippen LogP contribution in [0.2, 0.25) is 0 Å². The monoisotopic (exact) mass is 305 g/mol. The molecule has 2 nitrogen and oxygen atoms in total. The van der Waals surface area contributed by atoms with Gasteiger partial charge in [-0.05, 0) is 42.5 Å². The molecule has 23 heavy (non-hydrogen) atoms. The molecule has 0 heterocycles. The molecule has 3 aromatic carbocycles. The average molecular weight is 305 g/mol. The van der Waals surface area contributed by atoms with Gasteiger partial charge in [-0.1, -0.05) is 55.5 Å². The Balaban J connectivity index is 1.68. The Morgan fingerprint density at radius 3 is 2.43 bits per heavy atom. The lowest BCUT2D eigenvalue weighted by atomic mass is 10.1. The quantitative estimate of drug-likeness (QED) is 0.637. The normalized spacial score (nSPS) is 12.1. The van der Waals surface area contributed by atoms with Crippen molar-refractivity contribution in [3.63, 3.8) is 0 Å². The van der Waals surface area contributed by atoms with Crippen LogP contribution in [0.15, 0.2) is 66.7 Å². The zero-order chi connectivity index (χ0) is 16.1. The molecule has 0 saturated heterocycles. The molecule has 0 fully saturated rings. The summed E-state index contributed by atoms with van der Waals surface area (Å²) in [4.78, 5) is 0. The van der Waals surface area contributed by atoms with Gasteiger partial charge in [0.15, 0.2) is 0 Å². The van der Waals surface area contributed by atoms with Gasteiger partial charge in [-0.2, -0.15) is 0 Å². The Labute approximate surface area is 138 Å². The fraction of sp³-hybridized carbons (Fsp3) is 0.238. The molecule has 0 aliphatic heterocycles. The molecule has 0 aliphatic carbocycles. The second kappa shape index (κ2) is 7.19. The maximum Gasteiger partial charge on any atom is 0.119 e. The highest BCUT2D eigenvalue weighted by Crippen LogP contribution is 2.24. The van der Waals surface area contributed by atoms with Gasteiger partial charge < -0.3 is 10.1 Å². The van der Waals surface area contributed by atoms with Crippen LogP contribution in [0.1, 0.15) is 25.8 Å². The van der Waals surface area contributed by atoms with Gasteiger partial charge in [0, 0.05) is 17.6 Å². The molecular weight excluding hydrogens is 282 g/mol. The van der Waals surface area contributed by atoms with Crippen LogP contribution < -0.4 is 10.1 Å². The lowest BCUT2D eigenvalue weighted by molar-refractivity contribution is 0.217. The number of hydrogen-bond donors (Lipinski definition) is 1. The number of hydrogen-bond acceptors (Lipinski definition) is 2. The Morgan fingerprint density at radius 2 is 1.65 bits per heavy atom. The summed E-state index contributed by atoms with van der Waals surface area (Å²) >= 11 is 0. The summed E-state index contributed by atoms with van der Waals surface area (Å²) in [7, 11) is 0. The third kappa shape index (κ3) is 3.84. The van der Waals surface area contributed by atoms with Crippen LogP contribution in [0.4, 0.5) is 5.69 Å². The van der Waals surface area contributed by atoms with Crippen LogP contribution >= 0.6 is 0 Å². The zero-order valence-electron chi connectivity index (χ0n) is 13.8. The highest BCUT2D eigenvalue weighted by molar-refractivity contribution is 5.93. The van der Waals surface area contributed by atoms with E-state index in [0.717, 1.165) is 18.7 Å². The van der Waals surface area contributed by atoms with Gasteiger partial charge in [0.05, 0.1) is 6.10 Å². The summed E-state index contributed by atoms with van der Waals surface area (Å²) in [5.41, 5.74) is 2.41. The minimum absolute atomic E-state index is 0.259. The average Bonchev–Trinajstić information content (AvgIpc) is 2.61. The molecule has 0 aliphatic rings. The molecule has 0 bridgehead atoms. The van der Waals surface area contributed by atoms with Crippen molar-refractivity contribution in [3.8, 4) is 5.75 Å². The van der Waals surface area contributed by atoms with E-state index < -0.39 is 0 Å². The van der Waals surface area contributed by atoms with Crippen molar-refractivity contribution in [1.82, 2.24) is 0 Å². The second-order valence-electron chi connectivity index (χ2n) is 5.86. The van der Waals surface area contributed by atoms with Gasteiger partial charge in [-0.3, -0.25) is 0 Å². The Hall–Kier alpha value is -2.48. The van der Waals surface area contributed by atoms with E-state index in [1.807, 2.05) is 12.1 Å². The number of anilines is 1. The van der Waals surface area contributed by atoms with E-state index in [-0.39, 0.29) is 6.10 Å². The fourth-order valence-corrected chi connectivity index (χ4v) is 2.58. The lowest BCUT2D eigenvalue weighted by Crippen LogP contribution is -2.09. The van der Waals surface area contributed by atoms with E-state index in [1.54, 1.807) is 0 Å². The summed E-state index contributed by atoms with van der Waals surface area (Å²) in [6.45, 7) is 5.03. The third-order valence-electron chi connectivity index (χ3n) is 4.11. The molecule has 1 N–H and O–H groups in total. The largest absolute Gasteiger partial charge is 0.491 e. The molecule has 1 atom stereocenters. The van der Waals surface area contributed by atoms with Gasteiger partial charge in [0.2, 0.25) is 0 Å². The van der Waals surface area contributed by atoms with Crippen LogP contribution in [0.5, 0.6) is 5.75 Å². The number of fused-ring (bicyclic) bond motifs is 1. The van der Waals surface area contributed by atoms with Crippen LogP contribution in [0.3, 0.4) is 0 Å². The number of ether oxygens (including phenoxy) is 1. The predicted octanol–water partition coefficient (Wildman–Crippen LogP) is 5.63. The third-order valence-corrected chi connectivity index (χ3v) is 4.11. The van der Waals surface area contributed by atoms with Crippen molar-refractivity contribution in [3.05, 3.63) is 72.3 Å². The first kappa shape index (κ1) is 15.4.